The summed E-state index contributed by atoms with van der Waals surface area (Å²) in [5.74, 6) is -1.28. The minimum atomic E-state index is -4.96. The largest absolute Gasteiger partial charge is 0.472 e. The van der Waals surface area contributed by atoms with Gasteiger partial charge in [-0.1, -0.05) is 401 Å². The smallest absolute Gasteiger partial charge is 0.462 e. The van der Waals surface area contributed by atoms with Crippen LogP contribution in [0.1, 0.15) is 452 Å². The topological polar surface area (TPSA) is 237 Å². The molecule has 5 atom stereocenters. The van der Waals surface area contributed by atoms with E-state index in [2.05, 4.69) is 34.6 Å². The first kappa shape index (κ1) is 101. The Morgan fingerprint density at radius 2 is 0.447 bits per heavy atom. The van der Waals surface area contributed by atoms with Crippen LogP contribution in [0.5, 0.6) is 0 Å². The van der Waals surface area contributed by atoms with Gasteiger partial charge in [0.05, 0.1) is 26.4 Å². The number of phosphoric acid groups is 2. The second-order valence-corrected chi connectivity index (χ2v) is 33.6. The van der Waals surface area contributed by atoms with Crippen molar-refractivity contribution in [1.29, 1.82) is 0 Å². The predicted octanol–water partition coefficient (Wildman–Crippen LogP) is 25.6. The summed E-state index contributed by atoms with van der Waals surface area (Å²) in [6.07, 6.45) is 69.3. The Bertz CT molecular complexity index is 1960. The van der Waals surface area contributed by atoms with Crippen molar-refractivity contribution in [3.05, 3.63) is 0 Å². The summed E-state index contributed by atoms with van der Waals surface area (Å²) in [5.41, 5.74) is 0. The second kappa shape index (κ2) is 76.8. The summed E-state index contributed by atoms with van der Waals surface area (Å²) in [4.78, 5) is 73.1. The normalized spacial score (nSPS) is 13.8. The number of rotatable bonds is 84. The maximum atomic E-state index is 13.1. The molecule has 612 valence electrons. The summed E-state index contributed by atoms with van der Waals surface area (Å²) in [6, 6.07) is 0. The molecule has 0 saturated carbocycles. The van der Waals surface area contributed by atoms with Crippen LogP contribution < -0.4 is 0 Å². The molecule has 2 unspecified atom stereocenters. The quantitative estimate of drug-likeness (QED) is 0.0222. The maximum Gasteiger partial charge on any atom is 0.472 e. The lowest BCUT2D eigenvalue weighted by Crippen LogP contribution is -2.30. The van der Waals surface area contributed by atoms with Crippen LogP contribution in [0, 0.1) is 5.92 Å². The van der Waals surface area contributed by atoms with Gasteiger partial charge in [0, 0.05) is 25.7 Å². The first-order chi connectivity index (χ1) is 50.0. The number of carbonyl (C=O) groups is 4. The molecule has 17 nitrogen and oxygen atoms in total. The fourth-order valence-electron chi connectivity index (χ4n) is 13.1. The lowest BCUT2D eigenvalue weighted by Gasteiger charge is -2.21. The number of aliphatic hydroxyl groups excluding tert-OH is 1. The van der Waals surface area contributed by atoms with Crippen molar-refractivity contribution in [3.8, 4) is 0 Å². The molecule has 3 N–H and O–H groups in total. The van der Waals surface area contributed by atoms with Crippen LogP contribution in [0.2, 0.25) is 0 Å². The molecule has 0 aromatic carbocycles. The average Bonchev–Trinajstić information content (AvgIpc) is 1.05. The van der Waals surface area contributed by atoms with E-state index in [1.165, 1.54) is 276 Å². The molecule has 0 aliphatic heterocycles. The highest BCUT2D eigenvalue weighted by atomic mass is 31.2. The molecule has 0 aliphatic carbocycles. The number of esters is 4. The summed E-state index contributed by atoms with van der Waals surface area (Å²) in [6.45, 7) is 7.39. The summed E-state index contributed by atoms with van der Waals surface area (Å²) < 4.78 is 68.8. The molecular weight excluding hydrogens is 1340 g/mol. The molecule has 0 spiro atoms. The van der Waals surface area contributed by atoms with E-state index in [-0.39, 0.29) is 25.7 Å². The lowest BCUT2D eigenvalue weighted by atomic mass is 10.0. The van der Waals surface area contributed by atoms with Gasteiger partial charge in [-0.3, -0.25) is 37.3 Å². The van der Waals surface area contributed by atoms with Crippen LogP contribution in [-0.2, 0) is 65.4 Å². The minimum Gasteiger partial charge on any atom is -0.462 e. The van der Waals surface area contributed by atoms with E-state index in [1.54, 1.807) is 0 Å². The molecule has 0 rings (SSSR count). The lowest BCUT2D eigenvalue weighted by molar-refractivity contribution is -0.161. The van der Waals surface area contributed by atoms with Crippen LogP contribution in [0.4, 0.5) is 0 Å². The molecule has 0 aromatic rings. The molecule has 0 radical (unpaired) electrons. The molecule has 0 aliphatic rings. The van der Waals surface area contributed by atoms with Gasteiger partial charge < -0.3 is 33.8 Å². The number of phosphoric ester groups is 2. The van der Waals surface area contributed by atoms with E-state index < -0.39 is 97.5 Å². The third-order valence-corrected chi connectivity index (χ3v) is 21.7. The number of ether oxygens (including phenoxy) is 4. The Morgan fingerprint density at radius 1 is 0.262 bits per heavy atom. The molecule has 0 fully saturated rings. The van der Waals surface area contributed by atoms with Crippen molar-refractivity contribution >= 4 is 39.5 Å². The zero-order valence-corrected chi connectivity index (χ0v) is 69.3. The maximum absolute atomic E-state index is 13.1. The highest BCUT2D eigenvalue weighted by Crippen LogP contribution is 2.45. The van der Waals surface area contributed by atoms with E-state index in [9.17, 15) is 43.2 Å². The van der Waals surface area contributed by atoms with Gasteiger partial charge in [0.2, 0.25) is 0 Å². The molecule has 0 saturated heterocycles. The van der Waals surface area contributed by atoms with Gasteiger partial charge >= 0.3 is 39.5 Å². The van der Waals surface area contributed by atoms with Crippen molar-refractivity contribution < 1.29 is 80.2 Å². The predicted molar refractivity (Wildman–Crippen MR) is 423 cm³/mol. The van der Waals surface area contributed by atoms with Crippen molar-refractivity contribution in [2.24, 2.45) is 5.92 Å². The van der Waals surface area contributed by atoms with E-state index in [1.807, 2.05) is 0 Å². The Balaban J connectivity index is 5.23. The van der Waals surface area contributed by atoms with Crippen LogP contribution in [0.3, 0.4) is 0 Å². The number of hydrogen-bond donors (Lipinski definition) is 3. The number of aliphatic hydroxyl groups is 1. The number of carbonyl (C=O) groups excluding carboxylic acids is 4. The van der Waals surface area contributed by atoms with Crippen LogP contribution in [0.25, 0.3) is 0 Å². The van der Waals surface area contributed by atoms with E-state index in [4.69, 9.17) is 37.0 Å². The molecule has 19 heteroatoms. The van der Waals surface area contributed by atoms with Gasteiger partial charge in [-0.05, 0) is 31.6 Å². The zero-order chi connectivity index (χ0) is 75.5. The summed E-state index contributed by atoms with van der Waals surface area (Å²) in [7, 11) is -9.92. The molecule has 0 amide bonds. The highest BCUT2D eigenvalue weighted by Gasteiger charge is 2.30. The minimum absolute atomic E-state index is 0.108. The van der Waals surface area contributed by atoms with E-state index >= 15 is 0 Å². The fraction of sp³-hybridized carbons (Fsp3) is 0.952. The van der Waals surface area contributed by atoms with Crippen molar-refractivity contribution in [2.75, 3.05) is 39.6 Å². The van der Waals surface area contributed by atoms with Crippen molar-refractivity contribution in [3.63, 3.8) is 0 Å². The van der Waals surface area contributed by atoms with Crippen LogP contribution in [0.15, 0.2) is 0 Å². The molecule has 0 bridgehead atoms. The van der Waals surface area contributed by atoms with Crippen molar-refractivity contribution in [1.82, 2.24) is 0 Å². The molecule has 103 heavy (non-hydrogen) atoms. The molecular formula is C84H164O17P2. The van der Waals surface area contributed by atoms with Gasteiger partial charge in [0.15, 0.2) is 12.2 Å². The highest BCUT2D eigenvalue weighted by molar-refractivity contribution is 7.47. The standard InChI is InChI=1S/C84H164O17P2/c1-6-9-12-15-18-21-24-27-28-31-35-39-43-48-53-58-63-68-82(87)95-74-80(101-84(89)70-65-60-55-50-45-40-36-33-30-29-32-34-38-41-46-51-56-61-66-77(4)5)76-99-103(92,93)97-72-78(85)71-96-102(90,91)98-75-79(73-94-81(86)67-62-57-52-47-42-26-23-20-17-14-11-8-3)100-83(88)69-64-59-54-49-44-37-25-22-19-16-13-10-7-2/h77-80,85H,6-76H2,1-5H3,(H,90,91)(H,92,93)/t78-,79+,80+/m0/s1. The fourth-order valence-corrected chi connectivity index (χ4v) is 14.7. The van der Waals surface area contributed by atoms with Gasteiger partial charge in [0.25, 0.3) is 0 Å². The van der Waals surface area contributed by atoms with E-state index in [0.717, 1.165) is 95.8 Å². The Hall–Kier alpha value is -1.94. The third kappa shape index (κ3) is 78.0. The number of hydrogen-bond acceptors (Lipinski definition) is 15. The van der Waals surface area contributed by atoms with E-state index in [0.29, 0.717) is 25.7 Å². The number of unbranched alkanes of at least 4 members (excludes halogenated alkanes) is 56. The Morgan fingerprint density at radius 3 is 0.660 bits per heavy atom. The molecule has 0 heterocycles. The van der Waals surface area contributed by atoms with Gasteiger partial charge in [0.1, 0.15) is 19.3 Å². The molecule has 0 aromatic heterocycles. The first-order valence-corrected chi connectivity index (χ1v) is 46.6. The van der Waals surface area contributed by atoms with Crippen LogP contribution in [-0.4, -0.2) is 96.7 Å². The second-order valence-electron chi connectivity index (χ2n) is 30.7. The Kier molecular flexibility index (Phi) is 75.4. The van der Waals surface area contributed by atoms with Crippen molar-refractivity contribution in [2.45, 2.75) is 470 Å². The third-order valence-electron chi connectivity index (χ3n) is 19.8. The van der Waals surface area contributed by atoms with Crippen LogP contribution >= 0.6 is 15.6 Å². The summed E-state index contributed by atoms with van der Waals surface area (Å²) >= 11 is 0. The zero-order valence-electron chi connectivity index (χ0n) is 67.5. The summed E-state index contributed by atoms with van der Waals surface area (Å²) in [5, 5.41) is 10.7. The SMILES string of the molecule is CCCCCCCCCCCCCCCCCCCC(=O)OC[C@H](COP(=O)(O)OC[C@@H](O)COP(=O)(O)OC[C@@H](COC(=O)CCCCCCCCCCCCCC)OC(=O)CCCCCCCCCCCCCCC)OC(=O)CCCCCCCCCCCCCCCCCCCCC(C)C. The monoisotopic (exact) mass is 1510 g/mol. The Labute approximate surface area is 632 Å². The van der Waals surface area contributed by atoms with Gasteiger partial charge in [-0.2, -0.15) is 0 Å². The van der Waals surface area contributed by atoms with Gasteiger partial charge in [-0.25, -0.2) is 9.13 Å². The average molecular weight is 1510 g/mol. The van der Waals surface area contributed by atoms with Gasteiger partial charge in [-0.15, -0.1) is 0 Å². The first-order valence-electron chi connectivity index (χ1n) is 43.6.